The van der Waals surface area contributed by atoms with Gasteiger partial charge in [0.05, 0.1) is 12.1 Å². The summed E-state index contributed by atoms with van der Waals surface area (Å²) in [6.45, 7) is 4.86. The molecule has 0 aromatic heterocycles. The number of carbonyl (C=O) groups excluding carboxylic acids is 2. The third kappa shape index (κ3) is 5.93. The molecule has 2 aliphatic rings. The third-order valence-electron chi connectivity index (χ3n) is 5.68. The zero-order valence-electron chi connectivity index (χ0n) is 17.6. The molecule has 7 nitrogen and oxygen atoms in total. The first-order valence-corrected chi connectivity index (χ1v) is 10.9. The molecule has 3 rings (SSSR count). The van der Waals surface area contributed by atoms with Crippen molar-refractivity contribution in [3.05, 3.63) is 35.6 Å². The lowest BCUT2D eigenvalue weighted by molar-refractivity contribution is -0.134. The fourth-order valence-corrected chi connectivity index (χ4v) is 4.10. The lowest BCUT2D eigenvalue weighted by Crippen LogP contribution is -2.45. The molecule has 0 spiro atoms. The number of guanidine groups is 1. The van der Waals surface area contributed by atoms with E-state index < -0.39 is 11.7 Å². The lowest BCUT2D eigenvalue weighted by atomic mass is 10.1. The molecule has 1 saturated carbocycles. The van der Waals surface area contributed by atoms with Crippen LogP contribution in [0, 0.1) is 11.7 Å². The van der Waals surface area contributed by atoms with Gasteiger partial charge >= 0.3 is 0 Å². The molecule has 2 amide bonds. The molecule has 1 aliphatic heterocycles. The van der Waals surface area contributed by atoms with E-state index >= 15 is 0 Å². The second-order valence-corrected chi connectivity index (χ2v) is 7.89. The van der Waals surface area contributed by atoms with E-state index in [-0.39, 0.29) is 17.5 Å². The largest absolute Gasteiger partial charge is 0.357 e. The van der Waals surface area contributed by atoms with Crippen LogP contribution in [-0.2, 0) is 4.79 Å². The molecular formula is C22H32FN5O2. The van der Waals surface area contributed by atoms with Crippen LogP contribution in [0.2, 0.25) is 0 Å². The molecular weight excluding hydrogens is 385 g/mol. The second-order valence-electron chi connectivity index (χ2n) is 7.89. The highest BCUT2D eigenvalue weighted by molar-refractivity contribution is 5.94. The molecule has 0 radical (unpaired) electrons. The Balaban J connectivity index is 1.45. The summed E-state index contributed by atoms with van der Waals surface area (Å²) < 4.78 is 13.7. The van der Waals surface area contributed by atoms with E-state index in [1.165, 1.54) is 12.1 Å². The fourth-order valence-electron chi connectivity index (χ4n) is 4.10. The molecule has 1 unspecified atom stereocenters. The molecule has 8 heteroatoms. The summed E-state index contributed by atoms with van der Waals surface area (Å²) in [6.07, 6.45) is 5.27. The molecule has 30 heavy (non-hydrogen) atoms. The first-order valence-electron chi connectivity index (χ1n) is 10.9. The molecule has 164 valence electrons. The minimum Gasteiger partial charge on any atom is -0.357 e. The molecule has 1 heterocycles. The van der Waals surface area contributed by atoms with Gasteiger partial charge in [-0.25, -0.2) is 4.39 Å². The summed E-state index contributed by atoms with van der Waals surface area (Å²) in [5.41, 5.74) is 0.0319. The van der Waals surface area contributed by atoms with Crippen LogP contribution in [0.25, 0.3) is 0 Å². The summed E-state index contributed by atoms with van der Waals surface area (Å²) in [6, 6.07) is 6.07. The second kappa shape index (κ2) is 10.9. The van der Waals surface area contributed by atoms with Crippen LogP contribution in [0.4, 0.5) is 4.39 Å². The van der Waals surface area contributed by atoms with Crippen LogP contribution in [0.3, 0.4) is 0 Å². The fraction of sp³-hybridized carbons (Fsp3) is 0.591. The standard InChI is InChI=1S/C22H32FN5O2/c1-2-24-22(26-13-12-25-20(29)18-9-5-6-10-19(18)23)27-17-11-14-28(15-17)21(30)16-7-3-4-8-16/h5-6,9-10,16-17H,2-4,7-8,11-15H2,1H3,(H,25,29)(H2,24,26,27). The van der Waals surface area contributed by atoms with Crippen molar-refractivity contribution < 1.29 is 14.0 Å². The van der Waals surface area contributed by atoms with Gasteiger partial charge in [0.25, 0.3) is 5.91 Å². The van der Waals surface area contributed by atoms with Crippen LogP contribution in [0.5, 0.6) is 0 Å². The maximum Gasteiger partial charge on any atom is 0.254 e. The number of hydrogen-bond donors (Lipinski definition) is 3. The number of likely N-dealkylation sites (tertiary alicyclic amines) is 1. The van der Waals surface area contributed by atoms with Gasteiger partial charge in [0.2, 0.25) is 5.91 Å². The normalized spacial score (nSPS) is 19.7. The van der Waals surface area contributed by atoms with Crippen molar-refractivity contribution in [2.45, 2.75) is 45.1 Å². The average Bonchev–Trinajstić information content (AvgIpc) is 3.43. The topological polar surface area (TPSA) is 85.8 Å². The molecule has 1 aromatic rings. The number of benzene rings is 1. The predicted octanol–water partition coefficient (Wildman–Crippen LogP) is 1.90. The lowest BCUT2D eigenvalue weighted by Gasteiger charge is -2.21. The van der Waals surface area contributed by atoms with Crippen molar-refractivity contribution in [2.75, 3.05) is 32.7 Å². The van der Waals surface area contributed by atoms with E-state index in [1.807, 2.05) is 11.8 Å². The molecule has 1 aromatic carbocycles. The summed E-state index contributed by atoms with van der Waals surface area (Å²) in [5, 5.41) is 9.28. The number of amides is 2. The Morgan fingerprint density at radius 2 is 1.93 bits per heavy atom. The van der Waals surface area contributed by atoms with Crippen LogP contribution >= 0.6 is 0 Å². The van der Waals surface area contributed by atoms with E-state index in [1.54, 1.807) is 12.1 Å². The first kappa shape index (κ1) is 22.1. The number of hydrogen-bond acceptors (Lipinski definition) is 3. The van der Waals surface area contributed by atoms with Gasteiger partial charge in [-0.15, -0.1) is 0 Å². The monoisotopic (exact) mass is 417 g/mol. The average molecular weight is 418 g/mol. The summed E-state index contributed by atoms with van der Waals surface area (Å²) >= 11 is 0. The molecule has 2 fully saturated rings. The van der Waals surface area contributed by atoms with Crippen molar-refractivity contribution in [1.82, 2.24) is 20.9 Å². The SMILES string of the molecule is CCNC(=NCCNC(=O)c1ccccc1F)NC1CCN(C(=O)C2CCCC2)C1. The van der Waals surface area contributed by atoms with Crippen molar-refractivity contribution >= 4 is 17.8 Å². The van der Waals surface area contributed by atoms with Crippen molar-refractivity contribution in [3.8, 4) is 0 Å². The van der Waals surface area contributed by atoms with Gasteiger partial charge in [-0.05, 0) is 38.3 Å². The van der Waals surface area contributed by atoms with E-state index in [0.29, 0.717) is 38.0 Å². The summed E-state index contributed by atoms with van der Waals surface area (Å²) in [4.78, 5) is 31.1. The van der Waals surface area contributed by atoms with Gasteiger partial charge in [0, 0.05) is 38.1 Å². The minimum absolute atomic E-state index is 0.0319. The third-order valence-corrected chi connectivity index (χ3v) is 5.68. The molecule has 0 bridgehead atoms. The Labute approximate surface area is 177 Å². The van der Waals surface area contributed by atoms with Gasteiger partial charge in [-0.3, -0.25) is 14.6 Å². The summed E-state index contributed by atoms with van der Waals surface area (Å²) in [5.74, 6) is 0.195. The Morgan fingerprint density at radius 1 is 1.17 bits per heavy atom. The zero-order chi connectivity index (χ0) is 21.3. The first-order chi connectivity index (χ1) is 14.6. The van der Waals surface area contributed by atoms with Crippen LogP contribution in [0.15, 0.2) is 29.3 Å². The van der Waals surface area contributed by atoms with Crippen LogP contribution < -0.4 is 16.0 Å². The van der Waals surface area contributed by atoms with E-state index in [4.69, 9.17) is 0 Å². The number of aliphatic imine (C=N–C) groups is 1. The van der Waals surface area contributed by atoms with Crippen LogP contribution in [0.1, 0.15) is 49.4 Å². The number of nitrogens with one attached hydrogen (secondary N) is 3. The van der Waals surface area contributed by atoms with Gasteiger partial charge in [0.1, 0.15) is 5.82 Å². The highest BCUT2D eigenvalue weighted by Gasteiger charge is 2.32. The Morgan fingerprint density at radius 3 is 2.67 bits per heavy atom. The molecule has 1 atom stereocenters. The van der Waals surface area contributed by atoms with E-state index in [0.717, 1.165) is 38.6 Å². The van der Waals surface area contributed by atoms with Gasteiger partial charge in [-0.1, -0.05) is 25.0 Å². The number of halogens is 1. The Hall–Kier alpha value is -2.64. The predicted molar refractivity (Wildman–Crippen MR) is 115 cm³/mol. The molecule has 1 saturated heterocycles. The molecule has 1 aliphatic carbocycles. The minimum atomic E-state index is -0.536. The Kier molecular flexibility index (Phi) is 8.04. The summed E-state index contributed by atoms with van der Waals surface area (Å²) in [7, 11) is 0. The Bertz CT molecular complexity index is 764. The number of carbonyl (C=O) groups is 2. The van der Waals surface area contributed by atoms with Crippen molar-refractivity contribution in [3.63, 3.8) is 0 Å². The van der Waals surface area contributed by atoms with Gasteiger partial charge in [0.15, 0.2) is 5.96 Å². The molecule has 3 N–H and O–H groups in total. The van der Waals surface area contributed by atoms with Gasteiger partial charge < -0.3 is 20.9 Å². The van der Waals surface area contributed by atoms with E-state index in [9.17, 15) is 14.0 Å². The van der Waals surface area contributed by atoms with Crippen molar-refractivity contribution in [2.24, 2.45) is 10.9 Å². The highest BCUT2D eigenvalue weighted by Crippen LogP contribution is 2.27. The maximum absolute atomic E-state index is 13.7. The van der Waals surface area contributed by atoms with Crippen LogP contribution in [-0.4, -0.2) is 61.4 Å². The number of rotatable bonds is 7. The highest BCUT2D eigenvalue weighted by atomic mass is 19.1. The zero-order valence-corrected chi connectivity index (χ0v) is 17.6. The number of nitrogens with zero attached hydrogens (tertiary/aromatic N) is 2. The van der Waals surface area contributed by atoms with Crippen molar-refractivity contribution in [1.29, 1.82) is 0 Å². The van der Waals surface area contributed by atoms with Gasteiger partial charge in [-0.2, -0.15) is 0 Å². The smallest absolute Gasteiger partial charge is 0.254 e. The maximum atomic E-state index is 13.7. The van der Waals surface area contributed by atoms with E-state index in [2.05, 4.69) is 20.9 Å². The quantitative estimate of drug-likeness (QED) is 0.359.